The van der Waals surface area contributed by atoms with Crippen LogP contribution in [0.4, 0.5) is 0 Å². The molecule has 0 aliphatic carbocycles. The van der Waals surface area contributed by atoms with Crippen LogP contribution in [-0.4, -0.2) is 27.1 Å². The SMILES string of the molecule is CCCSCC(=O)c1c(Br)cnn1CCC. The molecule has 0 aliphatic rings. The van der Waals surface area contributed by atoms with E-state index in [-0.39, 0.29) is 5.78 Å². The third-order valence-electron chi connectivity index (χ3n) is 2.08. The van der Waals surface area contributed by atoms with Crippen molar-refractivity contribution in [3.05, 3.63) is 16.4 Å². The Hall–Kier alpha value is -0.290. The summed E-state index contributed by atoms with van der Waals surface area (Å²) in [5, 5.41) is 4.19. The Labute approximate surface area is 109 Å². The minimum Gasteiger partial charge on any atom is -0.291 e. The van der Waals surface area contributed by atoms with Crippen molar-refractivity contribution in [3.8, 4) is 0 Å². The number of ketones is 1. The molecule has 0 atom stereocenters. The van der Waals surface area contributed by atoms with E-state index in [0.717, 1.165) is 29.6 Å². The van der Waals surface area contributed by atoms with Crippen molar-refractivity contribution in [2.24, 2.45) is 0 Å². The first-order valence-corrected chi connectivity index (χ1v) is 7.47. The summed E-state index contributed by atoms with van der Waals surface area (Å²) in [5.74, 6) is 1.74. The monoisotopic (exact) mass is 304 g/mol. The molecule has 5 heteroatoms. The van der Waals surface area contributed by atoms with Crippen LogP contribution in [0.25, 0.3) is 0 Å². The van der Waals surface area contributed by atoms with Crippen molar-refractivity contribution < 1.29 is 4.79 Å². The lowest BCUT2D eigenvalue weighted by Gasteiger charge is -2.05. The highest BCUT2D eigenvalue weighted by atomic mass is 79.9. The molecule has 0 amide bonds. The fourth-order valence-corrected chi connectivity index (χ4v) is 2.67. The van der Waals surface area contributed by atoms with Crippen LogP contribution in [-0.2, 0) is 6.54 Å². The molecule has 1 heterocycles. The molecular weight excluding hydrogens is 288 g/mol. The lowest BCUT2D eigenvalue weighted by Crippen LogP contribution is -2.13. The molecule has 0 N–H and O–H groups in total. The molecule has 0 bridgehead atoms. The zero-order valence-electron chi connectivity index (χ0n) is 9.70. The number of hydrogen-bond acceptors (Lipinski definition) is 3. The van der Waals surface area contributed by atoms with Gasteiger partial charge >= 0.3 is 0 Å². The van der Waals surface area contributed by atoms with Crippen LogP contribution in [0.3, 0.4) is 0 Å². The van der Waals surface area contributed by atoms with Gasteiger partial charge in [0.05, 0.1) is 16.4 Å². The standard InChI is InChI=1S/C11H17BrN2OS/c1-3-5-14-11(9(12)7-13-14)10(15)8-16-6-4-2/h7H,3-6,8H2,1-2H3. The van der Waals surface area contributed by atoms with Crippen molar-refractivity contribution >= 4 is 33.5 Å². The molecule has 0 saturated carbocycles. The maximum absolute atomic E-state index is 12.0. The Morgan fingerprint density at radius 3 is 2.88 bits per heavy atom. The quantitative estimate of drug-likeness (QED) is 0.572. The van der Waals surface area contributed by atoms with Gasteiger partial charge in [-0.15, -0.1) is 0 Å². The second-order valence-electron chi connectivity index (χ2n) is 3.54. The predicted molar refractivity (Wildman–Crippen MR) is 72.2 cm³/mol. The molecule has 16 heavy (non-hydrogen) atoms. The normalized spacial score (nSPS) is 10.7. The van der Waals surface area contributed by atoms with Gasteiger partial charge in [0.1, 0.15) is 5.69 Å². The first kappa shape index (κ1) is 13.8. The van der Waals surface area contributed by atoms with Crippen LogP contribution in [0, 0.1) is 0 Å². The van der Waals surface area contributed by atoms with Crippen LogP contribution in [0.2, 0.25) is 0 Å². The predicted octanol–water partition coefficient (Wildman–Crippen LogP) is 3.38. The molecule has 0 fully saturated rings. The second-order valence-corrected chi connectivity index (χ2v) is 5.50. The average molecular weight is 305 g/mol. The second kappa shape index (κ2) is 7.12. The van der Waals surface area contributed by atoms with E-state index in [9.17, 15) is 4.79 Å². The van der Waals surface area contributed by atoms with Gasteiger partial charge in [-0.25, -0.2) is 0 Å². The van der Waals surface area contributed by atoms with E-state index in [1.54, 1.807) is 22.6 Å². The summed E-state index contributed by atoms with van der Waals surface area (Å²) in [4.78, 5) is 12.0. The van der Waals surface area contributed by atoms with Crippen LogP contribution in [0.5, 0.6) is 0 Å². The summed E-state index contributed by atoms with van der Waals surface area (Å²) in [6, 6.07) is 0. The Bertz CT molecular complexity index is 352. The fourth-order valence-electron chi connectivity index (χ4n) is 1.40. The lowest BCUT2D eigenvalue weighted by molar-refractivity contribution is 0.101. The van der Waals surface area contributed by atoms with Crippen molar-refractivity contribution in [1.29, 1.82) is 0 Å². The maximum Gasteiger partial charge on any atom is 0.191 e. The molecule has 0 unspecified atom stereocenters. The highest BCUT2D eigenvalue weighted by molar-refractivity contribution is 9.10. The number of carbonyl (C=O) groups excluding carboxylic acids is 1. The summed E-state index contributed by atoms with van der Waals surface area (Å²) < 4.78 is 2.60. The van der Waals surface area contributed by atoms with E-state index in [1.807, 2.05) is 0 Å². The zero-order valence-corrected chi connectivity index (χ0v) is 12.1. The molecule has 0 saturated heterocycles. The van der Waals surface area contributed by atoms with Crippen molar-refractivity contribution in [2.75, 3.05) is 11.5 Å². The Morgan fingerprint density at radius 1 is 1.50 bits per heavy atom. The van der Waals surface area contributed by atoms with Crippen LogP contribution >= 0.6 is 27.7 Å². The first-order valence-electron chi connectivity index (χ1n) is 5.52. The largest absolute Gasteiger partial charge is 0.291 e. The number of aryl methyl sites for hydroxylation is 1. The van der Waals surface area contributed by atoms with Crippen molar-refractivity contribution in [1.82, 2.24) is 9.78 Å². The van der Waals surface area contributed by atoms with E-state index >= 15 is 0 Å². The van der Waals surface area contributed by atoms with Gasteiger partial charge in [0.25, 0.3) is 0 Å². The zero-order chi connectivity index (χ0) is 12.0. The van der Waals surface area contributed by atoms with E-state index < -0.39 is 0 Å². The van der Waals surface area contributed by atoms with Gasteiger partial charge in [-0.2, -0.15) is 16.9 Å². The number of hydrogen-bond donors (Lipinski definition) is 0. The summed E-state index contributed by atoms with van der Waals surface area (Å²) in [5.41, 5.74) is 0.713. The molecule has 1 aromatic heterocycles. The summed E-state index contributed by atoms with van der Waals surface area (Å²) >= 11 is 5.07. The molecule has 90 valence electrons. The Morgan fingerprint density at radius 2 is 2.25 bits per heavy atom. The minimum atomic E-state index is 0.163. The number of nitrogens with zero attached hydrogens (tertiary/aromatic N) is 2. The van der Waals surface area contributed by atoms with Gasteiger partial charge in [0.2, 0.25) is 0 Å². The molecule has 0 spiro atoms. The topological polar surface area (TPSA) is 34.9 Å². The van der Waals surface area contributed by atoms with Gasteiger partial charge in [-0.05, 0) is 34.5 Å². The molecule has 1 aromatic rings. The van der Waals surface area contributed by atoms with E-state index in [1.165, 1.54) is 0 Å². The van der Waals surface area contributed by atoms with E-state index in [2.05, 4.69) is 34.9 Å². The van der Waals surface area contributed by atoms with Gasteiger partial charge in [-0.3, -0.25) is 9.48 Å². The molecule has 0 aromatic carbocycles. The molecule has 0 radical (unpaired) electrons. The lowest BCUT2D eigenvalue weighted by atomic mass is 10.3. The number of carbonyl (C=O) groups is 1. The average Bonchev–Trinajstić information content (AvgIpc) is 2.61. The first-order chi connectivity index (χ1) is 7.70. The summed E-state index contributed by atoms with van der Waals surface area (Å²) in [6.07, 6.45) is 3.79. The number of Topliss-reactive ketones (excluding diaryl/α,β-unsaturated/α-hetero) is 1. The van der Waals surface area contributed by atoms with Gasteiger partial charge in [0, 0.05) is 6.54 Å². The van der Waals surface area contributed by atoms with E-state index in [4.69, 9.17) is 0 Å². The third-order valence-corrected chi connectivity index (χ3v) is 3.82. The van der Waals surface area contributed by atoms with Crippen LogP contribution in [0.15, 0.2) is 10.7 Å². The Balaban J connectivity index is 2.69. The molecule has 1 rings (SSSR count). The van der Waals surface area contributed by atoms with Crippen molar-refractivity contribution in [2.45, 2.75) is 33.2 Å². The van der Waals surface area contributed by atoms with Crippen LogP contribution < -0.4 is 0 Å². The maximum atomic E-state index is 12.0. The fraction of sp³-hybridized carbons (Fsp3) is 0.636. The highest BCUT2D eigenvalue weighted by Crippen LogP contribution is 2.19. The number of halogens is 1. The number of thioether (sulfide) groups is 1. The van der Waals surface area contributed by atoms with Gasteiger partial charge < -0.3 is 0 Å². The van der Waals surface area contributed by atoms with E-state index in [0.29, 0.717) is 11.4 Å². The number of aromatic nitrogens is 2. The summed E-state index contributed by atoms with van der Waals surface area (Å²) in [7, 11) is 0. The smallest absolute Gasteiger partial charge is 0.191 e. The number of rotatable bonds is 7. The molecule has 3 nitrogen and oxygen atoms in total. The van der Waals surface area contributed by atoms with Gasteiger partial charge in [-0.1, -0.05) is 13.8 Å². The Kier molecular flexibility index (Phi) is 6.13. The van der Waals surface area contributed by atoms with Crippen molar-refractivity contribution in [3.63, 3.8) is 0 Å². The third kappa shape index (κ3) is 3.63. The molecule has 0 aliphatic heterocycles. The van der Waals surface area contributed by atoms with Gasteiger partial charge in [0.15, 0.2) is 5.78 Å². The summed E-state index contributed by atoms with van der Waals surface area (Å²) in [6.45, 7) is 5.00. The molecular formula is C11H17BrN2OS. The highest BCUT2D eigenvalue weighted by Gasteiger charge is 2.16. The van der Waals surface area contributed by atoms with Crippen LogP contribution in [0.1, 0.15) is 37.2 Å². The minimum absolute atomic E-state index is 0.163.